The lowest BCUT2D eigenvalue weighted by molar-refractivity contribution is -0.349. The highest BCUT2D eigenvalue weighted by Gasteiger charge is 2.74. The van der Waals surface area contributed by atoms with Crippen molar-refractivity contribution >= 4 is 59.3 Å². The highest BCUT2D eigenvalue weighted by atomic mass is 35.5. The minimum absolute atomic E-state index is 0.00699. The summed E-state index contributed by atoms with van der Waals surface area (Å²) in [5.41, 5.74) is -14.8. The molecule has 0 radical (unpaired) electrons. The smallest absolute Gasteiger partial charge is 0.461 e. The van der Waals surface area contributed by atoms with Crippen molar-refractivity contribution in [2.24, 2.45) is 0 Å². The first kappa shape index (κ1) is 64.7. The van der Waals surface area contributed by atoms with Gasteiger partial charge in [0.25, 0.3) is 0 Å². The second kappa shape index (κ2) is 23.4. The van der Waals surface area contributed by atoms with E-state index in [1.807, 2.05) is 27.7 Å². The van der Waals surface area contributed by atoms with Crippen molar-refractivity contribution in [3.8, 4) is 22.8 Å². The first-order valence-electron chi connectivity index (χ1n) is 23.0. The third-order valence-electron chi connectivity index (χ3n) is 12.2. The maximum atomic E-state index is 14.5. The van der Waals surface area contributed by atoms with Gasteiger partial charge in [0.2, 0.25) is 5.28 Å². The number of aromatic nitrogens is 8. The molecule has 0 amide bonds. The minimum Gasteiger partial charge on any atom is -0.461 e. The first-order valence-corrected chi connectivity index (χ1v) is 24.1. The molecule has 4 aromatic heterocycles. The number of carbonyl (C=O) groups excluding carboxylic acids is 2. The van der Waals surface area contributed by atoms with E-state index in [1.54, 1.807) is 13.8 Å². The summed E-state index contributed by atoms with van der Waals surface area (Å²) in [6, 6.07) is 2.03. The quantitative estimate of drug-likeness (QED) is 0.0554. The Kier molecular flexibility index (Phi) is 18.9. The second-order valence-corrected chi connectivity index (χ2v) is 19.5. The summed E-state index contributed by atoms with van der Waals surface area (Å²) in [6.07, 6.45) is -16.9. The van der Waals surface area contributed by atoms with Crippen LogP contribution in [0.2, 0.25) is 15.3 Å². The molecular formula is C48H44BCl3F14N8O6. The van der Waals surface area contributed by atoms with E-state index in [0.29, 0.717) is 29.7 Å². The summed E-state index contributed by atoms with van der Waals surface area (Å²) in [7, 11) is -0.761. The fourth-order valence-electron chi connectivity index (χ4n) is 7.67. The molecule has 5 heterocycles. The molecule has 1 aliphatic heterocycles. The van der Waals surface area contributed by atoms with Crippen LogP contribution in [0.3, 0.4) is 0 Å². The molecule has 14 nitrogen and oxygen atoms in total. The molecule has 0 N–H and O–H groups in total. The number of rotatable bonds is 10. The van der Waals surface area contributed by atoms with E-state index in [2.05, 4.69) is 30.1 Å². The zero-order valence-electron chi connectivity index (χ0n) is 43.2. The SMILES string of the molecule is CCOC(=O)c1nc(-c2cnn(-c3c(C)cc(C(F)(C(F)(F)F)C(F)(F)F)cc3C)c2)ncc1Cl.CCOC(=O)c1nc(Cl)ncc1Cl.Cc1cc(C(F)(C(F)(F)F)C(F)(F)F)cc(C)c1-n1cc(B2OC(C)(C)C(C)(C)O2)cn1. The Labute approximate surface area is 461 Å². The zero-order valence-corrected chi connectivity index (χ0v) is 45.5. The molecule has 0 bridgehead atoms. The molecule has 1 saturated heterocycles. The number of aryl methyl sites for hydroxylation is 4. The molecule has 434 valence electrons. The van der Waals surface area contributed by atoms with Gasteiger partial charge in [-0.25, -0.2) is 47.7 Å². The van der Waals surface area contributed by atoms with Crippen LogP contribution in [-0.4, -0.2) is 108 Å². The lowest BCUT2D eigenvalue weighted by atomic mass is 9.82. The molecule has 0 atom stereocenters. The molecule has 0 spiro atoms. The minimum atomic E-state index is -6.23. The van der Waals surface area contributed by atoms with Crippen molar-refractivity contribution < 1.29 is 89.8 Å². The summed E-state index contributed by atoms with van der Waals surface area (Å²) in [6.45, 7) is 16.0. The van der Waals surface area contributed by atoms with Crippen LogP contribution in [0.25, 0.3) is 22.8 Å². The topological polar surface area (TPSA) is 158 Å². The van der Waals surface area contributed by atoms with Crippen LogP contribution in [0.1, 0.15) is 95.9 Å². The largest absolute Gasteiger partial charge is 0.498 e. The Morgan fingerprint density at radius 1 is 0.562 bits per heavy atom. The summed E-state index contributed by atoms with van der Waals surface area (Å²) in [4.78, 5) is 38.5. The van der Waals surface area contributed by atoms with Gasteiger partial charge in [-0.1, -0.05) is 47.5 Å². The first-order chi connectivity index (χ1) is 36.6. The Hall–Kier alpha value is -6.17. The van der Waals surface area contributed by atoms with Gasteiger partial charge in [0.1, 0.15) is 0 Å². The number of carbonyl (C=O) groups is 2. The molecule has 32 heteroatoms. The Morgan fingerprint density at radius 2 is 0.925 bits per heavy atom. The molecule has 7 rings (SSSR count). The molecule has 0 unspecified atom stereocenters. The van der Waals surface area contributed by atoms with E-state index < -0.39 is 77.4 Å². The van der Waals surface area contributed by atoms with Gasteiger partial charge in [0.15, 0.2) is 17.2 Å². The summed E-state index contributed by atoms with van der Waals surface area (Å²) >= 11 is 17.0. The number of esters is 2. The lowest BCUT2D eigenvalue weighted by Gasteiger charge is -2.32. The fraction of sp³-hybridized carbons (Fsp3) is 0.417. The van der Waals surface area contributed by atoms with Crippen LogP contribution in [0.15, 0.2) is 61.4 Å². The average Bonchev–Trinajstić information content (AvgIpc) is 4.06. The summed E-state index contributed by atoms with van der Waals surface area (Å²) < 4.78 is 211. The van der Waals surface area contributed by atoms with Crippen molar-refractivity contribution in [1.82, 2.24) is 39.5 Å². The number of nitrogens with zero attached hydrogens (tertiary/aromatic N) is 8. The zero-order chi connectivity index (χ0) is 60.7. The molecule has 1 fully saturated rings. The predicted molar refractivity (Wildman–Crippen MR) is 262 cm³/mol. The number of alkyl halides is 14. The lowest BCUT2D eigenvalue weighted by Crippen LogP contribution is -2.50. The van der Waals surface area contributed by atoms with Gasteiger partial charge in [-0.3, -0.25) is 0 Å². The standard InChI is InChI=1S/C21H16ClF7N4O2.C20H22BF7N2O2.C7H6Cl2N2O2/c1-4-35-18(34)15-14(22)8-30-17(32-15)12-7-31-33(9-12)16-10(2)5-13(6-11(16)3)19(23,20(24,25)26)21(27,28)29;1-11-7-13(18(22,19(23,24)25)20(26,27)28)8-12(2)15(11)30-10-14(9-29-30)21-31-16(3,4)17(5,6)32-21;1-2-13-6(12)5-4(8)3-10-7(9)11-5/h5-9H,4H2,1-3H3;7-10H,1-6H3;3H,2H2,1H3. The van der Waals surface area contributed by atoms with Crippen molar-refractivity contribution in [2.45, 2.75) is 116 Å². The monoisotopic (exact) mass is 1210 g/mol. The fourth-order valence-corrected chi connectivity index (χ4v) is 8.14. The summed E-state index contributed by atoms with van der Waals surface area (Å²) in [5, 5.41) is 8.24. The van der Waals surface area contributed by atoms with E-state index in [9.17, 15) is 71.1 Å². The molecule has 80 heavy (non-hydrogen) atoms. The van der Waals surface area contributed by atoms with Crippen molar-refractivity contribution in [2.75, 3.05) is 13.2 Å². The van der Waals surface area contributed by atoms with Crippen LogP contribution < -0.4 is 5.46 Å². The van der Waals surface area contributed by atoms with Gasteiger partial charge in [-0.15, -0.1) is 0 Å². The third kappa shape index (κ3) is 12.9. The van der Waals surface area contributed by atoms with Crippen molar-refractivity contribution in [3.63, 3.8) is 0 Å². The van der Waals surface area contributed by atoms with E-state index in [1.165, 1.54) is 63.4 Å². The van der Waals surface area contributed by atoms with Crippen LogP contribution in [0.4, 0.5) is 61.5 Å². The Morgan fingerprint density at radius 3 is 1.31 bits per heavy atom. The molecular weight excluding hydrogens is 1170 g/mol. The van der Waals surface area contributed by atoms with E-state index in [4.69, 9.17) is 53.6 Å². The molecule has 6 aromatic rings. The number of ether oxygens (including phenoxy) is 2. The highest BCUT2D eigenvalue weighted by molar-refractivity contribution is 6.62. The molecule has 0 saturated carbocycles. The Bertz CT molecular complexity index is 3170. The average molecular weight is 1210 g/mol. The molecule has 0 aliphatic carbocycles. The van der Waals surface area contributed by atoms with Crippen molar-refractivity contribution in [3.05, 3.63) is 122 Å². The van der Waals surface area contributed by atoms with Crippen LogP contribution in [0, 0.1) is 27.7 Å². The van der Waals surface area contributed by atoms with Crippen LogP contribution in [0.5, 0.6) is 0 Å². The van der Waals surface area contributed by atoms with Gasteiger partial charge in [0, 0.05) is 35.2 Å². The van der Waals surface area contributed by atoms with E-state index in [0.717, 1.165) is 10.9 Å². The predicted octanol–water partition coefficient (Wildman–Crippen LogP) is 13.1. The Balaban J connectivity index is 0.000000241. The number of hydrogen-bond acceptors (Lipinski definition) is 12. The number of hydrogen-bond donors (Lipinski definition) is 0. The summed E-state index contributed by atoms with van der Waals surface area (Å²) in [5.74, 6) is -1.38. The normalized spacial score (nSPS) is 14.7. The molecule has 2 aromatic carbocycles. The van der Waals surface area contributed by atoms with Crippen LogP contribution in [-0.2, 0) is 30.1 Å². The van der Waals surface area contributed by atoms with Gasteiger partial charge in [-0.2, -0.15) is 62.9 Å². The highest BCUT2D eigenvalue weighted by Crippen LogP contribution is 2.55. The van der Waals surface area contributed by atoms with Gasteiger partial charge >= 0.3 is 55.1 Å². The maximum absolute atomic E-state index is 14.5. The van der Waals surface area contributed by atoms with Gasteiger partial charge in [-0.05, 0) is 103 Å². The number of halogens is 17. The van der Waals surface area contributed by atoms with E-state index >= 15 is 0 Å². The van der Waals surface area contributed by atoms with Crippen molar-refractivity contribution in [1.29, 1.82) is 0 Å². The third-order valence-corrected chi connectivity index (χ3v) is 12.9. The van der Waals surface area contributed by atoms with Gasteiger partial charge in [0.05, 0.1) is 70.0 Å². The number of benzene rings is 2. The van der Waals surface area contributed by atoms with Crippen LogP contribution >= 0.6 is 34.8 Å². The maximum Gasteiger partial charge on any atom is 0.498 e. The van der Waals surface area contributed by atoms with Gasteiger partial charge < -0.3 is 18.8 Å². The van der Waals surface area contributed by atoms with E-state index in [-0.39, 0.29) is 84.9 Å². The molecule has 1 aliphatic rings. The second-order valence-electron chi connectivity index (χ2n) is 18.4.